The Labute approximate surface area is 258 Å². The van der Waals surface area contributed by atoms with E-state index >= 15 is 0 Å². The second-order valence-electron chi connectivity index (χ2n) is 10.8. The minimum Gasteiger partial charge on any atom is -0.475 e. The molecule has 1 aromatic heterocycles. The van der Waals surface area contributed by atoms with E-state index in [2.05, 4.69) is 20.2 Å². The van der Waals surface area contributed by atoms with Gasteiger partial charge in [0.15, 0.2) is 0 Å². The second kappa shape index (κ2) is 16.1. The SMILES string of the molecule is CC(C)(C)NC(=O)c1cccc(CN2CCN(C(=O)c3cnc(N)cn3)CC2)c1.NC(=O)c1ccccc1.O=C(O)C(F)(F)F. The Kier molecular flexibility index (Phi) is 13.0. The number of nitrogens with zero attached hydrogens (tertiary/aromatic N) is 4. The number of anilines is 1. The zero-order valence-electron chi connectivity index (χ0n) is 25.0. The summed E-state index contributed by atoms with van der Waals surface area (Å²) in [6.07, 6.45) is -2.27. The molecule has 1 saturated heterocycles. The van der Waals surface area contributed by atoms with Gasteiger partial charge >= 0.3 is 12.1 Å². The van der Waals surface area contributed by atoms with Crippen LogP contribution in [0.1, 0.15) is 57.5 Å². The van der Waals surface area contributed by atoms with Crippen LogP contribution in [0.25, 0.3) is 0 Å². The van der Waals surface area contributed by atoms with Crippen LogP contribution in [0.2, 0.25) is 0 Å². The van der Waals surface area contributed by atoms with Crippen molar-refractivity contribution < 1.29 is 37.5 Å². The summed E-state index contributed by atoms with van der Waals surface area (Å²) in [6.45, 7) is 9.38. The molecule has 4 rings (SSSR count). The number of nitrogens with two attached hydrogens (primary N) is 2. The number of halogens is 3. The van der Waals surface area contributed by atoms with Crippen molar-refractivity contribution in [3.05, 3.63) is 89.4 Å². The molecule has 0 aliphatic carbocycles. The molecule has 45 heavy (non-hydrogen) atoms. The molecule has 1 fully saturated rings. The van der Waals surface area contributed by atoms with Crippen molar-refractivity contribution in [3.63, 3.8) is 0 Å². The van der Waals surface area contributed by atoms with Crippen molar-refractivity contribution in [3.8, 4) is 0 Å². The number of aliphatic carboxylic acids is 1. The molecule has 242 valence electrons. The largest absolute Gasteiger partial charge is 0.490 e. The standard InChI is InChI=1S/C21H28N6O2.C7H7NO.C2HF3O2/c1-21(2,3)25-19(28)16-6-4-5-15(11-16)14-26-7-9-27(10-8-26)20(29)17-12-24-18(22)13-23-17;8-7(9)6-4-2-1-3-5-6;3-2(4,5)1(6)7/h4-6,11-13H,7-10,14H2,1-3H3,(H2,22,24)(H,25,28);1-5H,(H2,8,9);(H,6,7). The van der Waals surface area contributed by atoms with Crippen molar-refractivity contribution in [1.29, 1.82) is 0 Å². The first-order chi connectivity index (χ1) is 21.0. The van der Waals surface area contributed by atoms with Crippen LogP contribution in [0.4, 0.5) is 19.0 Å². The fraction of sp³-hybridized carbons (Fsp3) is 0.333. The van der Waals surface area contributed by atoms with Crippen LogP contribution in [0.5, 0.6) is 0 Å². The molecule has 15 heteroatoms. The van der Waals surface area contributed by atoms with Crippen LogP contribution < -0.4 is 16.8 Å². The van der Waals surface area contributed by atoms with Gasteiger partial charge in [0.2, 0.25) is 5.91 Å². The highest BCUT2D eigenvalue weighted by molar-refractivity contribution is 5.95. The molecule has 0 spiro atoms. The first-order valence-corrected chi connectivity index (χ1v) is 13.6. The molecule has 3 aromatic rings. The number of aromatic nitrogens is 2. The number of rotatable bonds is 5. The average Bonchev–Trinajstić information content (AvgIpc) is 2.97. The van der Waals surface area contributed by atoms with E-state index in [0.29, 0.717) is 35.7 Å². The molecule has 0 radical (unpaired) electrons. The molecule has 3 amide bonds. The molecular weight excluding hydrogens is 595 g/mol. The van der Waals surface area contributed by atoms with E-state index in [-0.39, 0.29) is 23.3 Å². The third kappa shape index (κ3) is 13.0. The zero-order valence-corrected chi connectivity index (χ0v) is 25.0. The highest BCUT2D eigenvalue weighted by atomic mass is 19.4. The predicted octanol–water partition coefficient (Wildman–Crippen LogP) is 2.96. The van der Waals surface area contributed by atoms with Crippen LogP contribution >= 0.6 is 0 Å². The smallest absolute Gasteiger partial charge is 0.475 e. The number of carboxylic acids is 1. The number of carbonyl (C=O) groups is 4. The van der Waals surface area contributed by atoms with Crippen molar-refractivity contribution >= 4 is 29.5 Å². The number of benzene rings is 2. The normalized spacial score (nSPS) is 13.3. The van der Waals surface area contributed by atoms with E-state index in [1.807, 2.05) is 51.1 Å². The molecule has 1 aliphatic heterocycles. The highest BCUT2D eigenvalue weighted by Crippen LogP contribution is 2.14. The van der Waals surface area contributed by atoms with Gasteiger partial charge in [-0.2, -0.15) is 13.2 Å². The summed E-state index contributed by atoms with van der Waals surface area (Å²) in [7, 11) is 0. The van der Waals surface area contributed by atoms with Gasteiger partial charge < -0.3 is 26.8 Å². The summed E-state index contributed by atoms with van der Waals surface area (Å²) >= 11 is 0. The van der Waals surface area contributed by atoms with Crippen molar-refractivity contribution in [2.75, 3.05) is 31.9 Å². The fourth-order valence-corrected chi connectivity index (χ4v) is 3.80. The van der Waals surface area contributed by atoms with Crippen molar-refractivity contribution in [1.82, 2.24) is 25.1 Å². The number of hydrogen-bond acceptors (Lipinski definition) is 8. The Morgan fingerprint density at radius 1 is 0.889 bits per heavy atom. The first kappa shape index (κ1) is 36.1. The van der Waals surface area contributed by atoms with E-state index in [0.717, 1.165) is 25.2 Å². The lowest BCUT2D eigenvalue weighted by molar-refractivity contribution is -0.192. The molecule has 12 nitrogen and oxygen atoms in total. The van der Waals surface area contributed by atoms with Crippen molar-refractivity contribution in [2.24, 2.45) is 5.73 Å². The van der Waals surface area contributed by atoms with E-state index in [1.54, 1.807) is 29.2 Å². The minimum atomic E-state index is -5.08. The van der Waals surface area contributed by atoms with Crippen LogP contribution in [0.15, 0.2) is 67.0 Å². The maximum absolute atomic E-state index is 12.5. The van der Waals surface area contributed by atoms with Crippen LogP contribution in [0.3, 0.4) is 0 Å². The summed E-state index contributed by atoms with van der Waals surface area (Å²) in [4.78, 5) is 56.3. The summed E-state index contributed by atoms with van der Waals surface area (Å²) in [5, 5.41) is 10.1. The quantitative estimate of drug-likeness (QED) is 0.329. The van der Waals surface area contributed by atoms with Crippen LogP contribution in [-0.2, 0) is 11.3 Å². The number of carboxylic acid groups (broad SMARTS) is 1. The number of carbonyl (C=O) groups excluding carboxylic acids is 3. The summed E-state index contributed by atoms with van der Waals surface area (Å²) < 4.78 is 31.7. The van der Waals surface area contributed by atoms with Gasteiger partial charge in [-0.3, -0.25) is 19.3 Å². The fourth-order valence-electron chi connectivity index (χ4n) is 3.80. The molecule has 1 aliphatic rings. The van der Waals surface area contributed by atoms with Gasteiger partial charge in [-0.25, -0.2) is 14.8 Å². The molecule has 0 unspecified atom stereocenters. The first-order valence-electron chi connectivity index (χ1n) is 13.6. The third-order valence-electron chi connectivity index (χ3n) is 5.94. The number of amides is 3. The van der Waals surface area contributed by atoms with E-state index in [9.17, 15) is 27.6 Å². The minimum absolute atomic E-state index is 0.0700. The molecule has 6 N–H and O–H groups in total. The Balaban J connectivity index is 0.000000360. The summed E-state index contributed by atoms with van der Waals surface area (Å²) in [5.74, 6) is -3.04. The predicted molar refractivity (Wildman–Crippen MR) is 160 cm³/mol. The van der Waals surface area contributed by atoms with Crippen LogP contribution in [0, 0.1) is 0 Å². The van der Waals surface area contributed by atoms with Gasteiger partial charge in [-0.15, -0.1) is 0 Å². The Morgan fingerprint density at radius 2 is 1.47 bits per heavy atom. The van der Waals surface area contributed by atoms with E-state index < -0.39 is 12.1 Å². The zero-order chi connectivity index (χ0) is 33.8. The number of primary amides is 1. The van der Waals surface area contributed by atoms with E-state index in [1.165, 1.54) is 12.4 Å². The topological polar surface area (TPSA) is 185 Å². The summed E-state index contributed by atoms with van der Waals surface area (Å²) in [5.41, 5.74) is 12.8. The molecule has 0 bridgehead atoms. The Morgan fingerprint density at radius 3 is 1.93 bits per heavy atom. The number of hydrogen-bond donors (Lipinski definition) is 4. The molecule has 0 atom stereocenters. The lowest BCUT2D eigenvalue weighted by Crippen LogP contribution is -2.48. The molecule has 2 heterocycles. The van der Waals surface area contributed by atoms with Gasteiger partial charge in [-0.05, 0) is 50.6 Å². The Hall–Kier alpha value is -5.05. The van der Waals surface area contributed by atoms with Crippen molar-refractivity contribution in [2.45, 2.75) is 39.0 Å². The number of nitrogens with one attached hydrogen (secondary N) is 1. The number of alkyl halides is 3. The van der Waals surface area contributed by atoms with Gasteiger partial charge in [0.1, 0.15) is 11.5 Å². The van der Waals surface area contributed by atoms with Gasteiger partial charge in [0, 0.05) is 49.4 Å². The van der Waals surface area contributed by atoms with Crippen LogP contribution in [-0.4, -0.2) is 86.5 Å². The maximum Gasteiger partial charge on any atom is 0.490 e. The van der Waals surface area contributed by atoms with Gasteiger partial charge in [0.05, 0.1) is 12.4 Å². The lowest BCUT2D eigenvalue weighted by Gasteiger charge is -2.34. The molecular formula is C30H36F3N7O5. The lowest BCUT2D eigenvalue weighted by atomic mass is 10.1. The highest BCUT2D eigenvalue weighted by Gasteiger charge is 2.38. The number of piperazine rings is 1. The monoisotopic (exact) mass is 631 g/mol. The average molecular weight is 632 g/mol. The molecule has 0 saturated carbocycles. The second-order valence-corrected chi connectivity index (χ2v) is 10.8. The Bertz CT molecular complexity index is 1440. The maximum atomic E-state index is 12.5. The van der Waals surface area contributed by atoms with Gasteiger partial charge in [-0.1, -0.05) is 30.3 Å². The molecule has 2 aromatic carbocycles. The third-order valence-corrected chi connectivity index (χ3v) is 5.94. The van der Waals surface area contributed by atoms with Gasteiger partial charge in [0.25, 0.3) is 11.8 Å². The van der Waals surface area contributed by atoms with E-state index in [4.69, 9.17) is 21.4 Å². The summed E-state index contributed by atoms with van der Waals surface area (Å²) in [6, 6.07) is 16.5. The number of nitrogen functional groups attached to an aromatic ring is 1.